The van der Waals surface area contributed by atoms with Crippen molar-refractivity contribution < 1.29 is 19.5 Å². The Hall–Kier alpha value is -2.02. The molecule has 6 nitrogen and oxygen atoms in total. The van der Waals surface area contributed by atoms with Crippen molar-refractivity contribution in [3.63, 3.8) is 0 Å². The number of carboxylic acids is 1. The fraction of sp³-hybridized carbons (Fsp3) is 0.438. The number of carbonyl (C=O) groups is 3. The molecule has 0 aromatic heterocycles. The van der Waals surface area contributed by atoms with Gasteiger partial charge in [0.25, 0.3) is 5.91 Å². The van der Waals surface area contributed by atoms with Crippen LogP contribution in [0.15, 0.2) is 29.2 Å². The largest absolute Gasteiger partial charge is 0.481 e. The van der Waals surface area contributed by atoms with Gasteiger partial charge in [0.05, 0.1) is 5.69 Å². The molecular formula is C16H18N2O4S. The molecule has 122 valence electrons. The SMILES string of the molecule is O=C(O)CCCCNC(=O)C12CCC(=O)N1c1ccccc1S2. The van der Waals surface area contributed by atoms with Crippen LogP contribution in [0.25, 0.3) is 0 Å². The number of amides is 2. The summed E-state index contributed by atoms with van der Waals surface area (Å²) in [5, 5.41) is 11.5. The zero-order valence-corrected chi connectivity index (χ0v) is 13.4. The van der Waals surface area contributed by atoms with E-state index in [1.807, 2.05) is 24.3 Å². The van der Waals surface area contributed by atoms with Crippen molar-refractivity contribution in [2.24, 2.45) is 0 Å². The van der Waals surface area contributed by atoms with Gasteiger partial charge in [0.15, 0.2) is 4.87 Å². The molecule has 7 heteroatoms. The Kier molecular flexibility index (Phi) is 4.30. The van der Waals surface area contributed by atoms with Gasteiger partial charge in [0.2, 0.25) is 5.91 Å². The second-order valence-corrected chi connectivity index (χ2v) is 7.01. The summed E-state index contributed by atoms with van der Waals surface area (Å²) >= 11 is 1.43. The van der Waals surface area contributed by atoms with E-state index in [0.29, 0.717) is 32.2 Å². The van der Waals surface area contributed by atoms with E-state index in [4.69, 9.17) is 5.11 Å². The molecule has 1 aromatic carbocycles. The maximum Gasteiger partial charge on any atom is 0.303 e. The molecule has 1 fully saturated rings. The first-order valence-electron chi connectivity index (χ1n) is 7.66. The number of nitrogens with zero attached hydrogens (tertiary/aromatic N) is 1. The lowest BCUT2D eigenvalue weighted by Gasteiger charge is -2.29. The van der Waals surface area contributed by atoms with E-state index in [-0.39, 0.29) is 18.2 Å². The fourth-order valence-corrected chi connectivity index (χ4v) is 4.47. The first kappa shape index (κ1) is 15.9. The number of benzene rings is 1. The molecule has 0 spiro atoms. The number of hydrogen-bond acceptors (Lipinski definition) is 4. The maximum absolute atomic E-state index is 12.7. The first-order valence-corrected chi connectivity index (χ1v) is 8.47. The first-order chi connectivity index (χ1) is 11.0. The Balaban J connectivity index is 1.68. The molecule has 2 N–H and O–H groups in total. The molecule has 1 aromatic rings. The summed E-state index contributed by atoms with van der Waals surface area (Å²) < 4.78 is 0. The second-order valence-electron chi connectivity index (χ2n) is 5.69. The highest BCUT2D eigenvalue weighted by Crippen LogP contribution is 2.55. The van der Waals surface area contributed by atoms with Crippen molar-refractivity contribution >= 4 is 35.2 Å². The normalized spacial score (nSPS) is 21.9. The van der Waals surface area contributed by atoms with Crippen molar-refractivity contribution in [3.05, 3.63) is 24.3 Å². The maximum atomic E-state index is 12.7. The highest BCUT2D eigenvalue weighted by molar-refractivity contribution is 8.02. The van der Waals surface area contributed by atoms with Gasteiger partial charge in [-0.3, -0.25) is 19.3 Å². The number of anilines is 1. The Morgan fingerprint density at radius 3 is 2.87 bits per heavy atom. The predicted molar refractivity (Wildman–Crippen MR) is 86.2 cm³/mol. The lowest BCUT2D eigenvalue weighted by Crippen LogP contribution is -2.52. The molecule has 2 heterocycles. The summed E-state index contributed by atoms with van der Waals surface area (Å²) in [5.74, 6) is -1.02. The summed E-state index contributed by atoms with van der Waals surface area (Å²) in [6.45, 7) is 0.423. The molecule has 1 saturated heterocycles. The molecule has 1 unspecified atom stereocenters. The summed E-state index contributed by atoms with van der Waals surface area (Å²) in [6, 6.07) is 7.56. The Morgan fingerprint density at radius 1 is 1.30 bits per heavy atom. The molecule has 0 bridgehead atoms. The van der Waals surface area contributed by atoms with Gasteiger partial charge in [-0.25, -0.2) is 0 Å². The second kappa shape index (κ2) is 6.23. The summed E-state index contributed by atoms with van der Waals surface area (Å²) in [7, 11) is 0. The topological polar surface area (TPSA) is 86.7 Å². The van der Waals surface area contributed by atoms with Crippen LogP contribution in [-0.2, 0) is 14.4 Å². The van der Waals surface area contributed by atoms with Gasteiger partial charge in [0, 0.05) is 24.3 Å². The van der Waals surface area contributed by atoms with Gasteiger partial charge in [-0.1, -0.05) is 23.9 Å². The highest BCUT2D eigenvalue weighted by atomic mass is 32.2. The van der Waals surface area contributed by atoms with Gasteiger partial charge in [-0.2, -0.15) is 0 Å². The van der Waals surface area contributed by atoms with E-state index in [0.717, 1.165) is 10.6 Å². The molecule has 0 radical (unpaired) electrons. The van der Waals surface area contributed by atoms with Crippen LogP contribution in [-0.4, -0.2) is 34.3 Å². The molecule has 1 atom stereocenters. The lowest BCUT2D eigenvalue weighted by atomic mass is 10.1. The highest BCUT2D eigenvalue weighted by Gasteiger charge is 2.57. The third-order valence-electron chi connectivity index (χ3n) is 4.13. The minimum Gasteiger partial charge on any atom is -0.481 e. The minimum absolute atomic E-state index is 0.0246. The summed E-state index contributed by atoms with van der Waals surface area (Å²) in [6.07, 6.45) is 2.10. The molecule has 0 saturated carbocycles. The van der Waals surface area contributed by atoms with Crippen molar-refractivity contribution in [3.8, 4) is 0 Å². The number of aliphatic carboxylic acids is 1. The van der Waals surface area contributed by atoms with E-state index < -0.39 is 10.8 Å². The number of unbranched alkanes of at least 4 members (excludes halogenated alkanes) is 1. The number of rotatable bonds is 6. The quantitative estimate of drug-likeness (QED) is 0.777. The van der Waals surface area contributed by atoms with Crippen LogP contribution in [0.3, 0.4) is 0 Å². The van der Waals surface area contributed by atoms with Gasteiger partial charge >= 0.3 is 5.97 Å². The van der Waals surface area contributed by atoms with E-state index >= 15 is 0 Å². The van der Waals surface area contributed by atoms with Crippen LogP contribution < -0.4 is 10.2 Å². The molecule has 2 aliphatic rings. The molecule has 2 aliphatic heterocycles. The van der Waals surface area contributed by atoms with Crippen molar-refractivity contribution in [2.45, 2.75) is 41.9 Å². The third-order valence-corrected chi connectivity index (χ3v) is 5.61. The number of thioether (sulfide) groups is 1. The van der Waals surface area contributed by atoms with E-state index in [9.17, 15) is 14.4 Å². The van der Waals surface area contributed by atoms with Gasteiger partial charge in [-0.15, -0.1) is 0 Å². The van der Waals surface area contributed by atoms with E-state index in [1.165, 1.54) is 11.8 Å². The Labute approximate surface area is 138 Å². The van der Waals surface area contributed by atoms with Crippen LogP contribution in [0.1, 0.15) is 32.1 Å². The smallest absolute Gasteiger partial charge is 0.303 e. The van der Waals surface area contributed by atoms with Crippen LogP contribution in [0.5, 0.6) is 0 Å². The molecular weight excluding hydrogens is 316 g/mol. The predicted octanol–water partition coefficient (Wildman–Crippen LogP) is 1.99. The molecule has 0 aliphatic carbocycles. The Morgan fingerprint density at radius 2 is 2.09 bits per heavy atom. The fourth-order valence-electron chi connectivity index (χ4n) is 3.04. The van der Waals surface area contributed by atoms with E-state index in [1.54, 1.807) is 4.90 Å². The summed E-state index contributed by atoms with van der Waals surface area (Å²) in [5.41, 5.74) is 0.807. The molecule has 2 amide bonds. The van der Waals surface area contributed by atoms with E-state index in [2.05, 4.69) is 5.32 Å². The van der Waals surface area contributed by atoms with Crippen LogP contribution in [0.2, 0.25) is 0 Å². The number of fused-ring (bicyclic) bond motifs is 3. The van der Waals surface area contributed by atoms with Crippen LogP contribution in [0.4, 0.5) is 5.69 Å². The molecule has 23 heavy (non-hydrogen) atoms. The minimum atomic E-state index is -0.881. The summed E-state index contributed by atoms with van der Waals surface area (Å²) in [4.78, 5) is 37.1. The van der Waals surface area contributed by atoms with Gasteiger partial charge < -0.3 is 10.4 Å². The Bertz CT molecular complexity index is 663. The van der Waals surface area contributed by atoms with Crippen molar-refractivity contribution in [2.75, 3.05) is 11.4 Å². The number of carbonyl (C=O) groups excluding carboxylic acids is 2. The zero-order chi connectivity index (χ0) is 16.4. The van der Waals surface area contributed by atoms with Gasteiger partial charge in [0.1, 0.15) is 0 Å². The average Bonchev–Trinajstić information content (AvgIpc) is 3.03. The number of carboxylic acid groups (broad SMARTS) is 1. The number of nitrogens with one attached hydrogen (secondary N) is 1. The monoisotopic (exact) mass is 334 g/mol. The average molecular weight is 334 g/mol. The van der Waals surface area contributed by atoms with Crippen molar-refractivity contribution in [1.29, 1.82) is 0 Å². The standard InChI is InChI=1S/C16H18N2O4S/c19-13-8-9-16(15(22)17-10-4-3-7-14(20)21)18(13)11-5-1-2-6-12(11)23-16/h1-2,5-6H,3-4,7-10H2,(H,17,22)(H,20,21). The number of hydrogen-bond donors (Lipinski definition) is 2. The van der Waals surface area contributed by atoms with Gasteiger partial charge in [-0.05, 0) is 31.4 Å². The van der Waals surface area contributed by atoms with Crippen molar-refractivity contribution in [1.82, 2.24) is 5.32 Å². The zero-order valence-electron chi connectivity index (χ0n) is 12.6. The van der Waals surface area contributed by atoms with Crippen LogP contribution >= 0.6 is 11.8 Å². The molecule has 3 rings (SSSR count). The third kappa shape index (κ3) is 2.81. The van der Waals surface area contributed by atoms with Crippen LogP contribution in [0, 0.1) is 0 Å². The number of para-hydroxylation sites is 1. The lowest BCUT2D eigenvalue weighted by molar-refractivity contribution is -0.137.